The standard InChI is InChI=1S/C11H15NS/c1-3-8(2)11-12-9-6-4-5-7-10(9)13-11/h3H,4-7H2,1-2H3/b8-3-. The minimum atomic E-state index is 1.20. The lowest BCUT2D eigenvalue weighted by Gasteiger charge is -2.06. The largest absolute Gasteiger partial charge is 0.241 e. The van der Waals surface area contributed by atoms with Gasteiger partial charge in [-0.25, -0.2) is 4.98 Å². The number of hydrogen-bond donors (Lipinski definition) is 0. The first-order valence-electron chi connectivity index (χ1n) is 4.93. The molecule has 0 aromatic carbocycles. The quantitative estimate of drug-likeness (QED) is 0.665. The first-order chi connectivity index (χ1) is 6.31. The fourth-order valence-electron chi connectivity index (χ4n) is 1.64. The van der Waals surface area contributed by atoms with E-state index in [4.69, 9.17) is 0 Å². The summed E-state index contributed by atoms with van der Waals surface area (Å²) in [7, 11) is 0. The highest BCUT2D eigenvalue weighted by atomic mass is 32.1. The van der Waals surface area contributed by atoms with Crippen molar-refractivity contribution < 1.29 is 0 Å². The third-order valence-corrected chi connectivity index (χ3v) is 3.91. The van der Waals surface area contributed by atoms with Gasteiger partial charge in [0, 0.05) is 4.88 Å². The van der Waals surface area contributed by atoms with Gasteiger partial charge in [0.2, 0.25) is 0 Å². The highest BCUT2D eigenvalue weighted by molar-refractivity contribution is 7.12. The maximum Gasteiger partial charge on any atom is 0.119 e. The summed E-state index contributed by atoms with van der Waals surface area (Å²) in [4.78, 5) is 6.20. The smallest absolute Gasteiger partial charge is 0.119 e. The van der Waals surface area contributed by atoms with Crippen LogP contribution < -0.4 is 0 Å². The average Bonchev–Trinajstić information content (AvgIpc) is 2.59. The zero-order valence-electron chi connectivity index (χ0n) is 8.26. The van der Waals surface area contributed by atoms with Crippen LogP contribution >= 0.6 is 11.3 Å². The zero-order valence-corrected chi connectivity index (χ0v) is 9.08. The molecule has 0 aliphatic heterocycles. The molecule has 0 bridgehead atoms. The lowest BCUT2D eigenvalue weighted by atomic mass is 10.0. The molecule has 13 heavy (non-hydrogen) atoms. The van der Waals surface area contributed by atoms with Crippen LogP contribution in [0.25, 0.3) is 5.57 Å². The van der Waals surface area contributed by atoms with Crippen LogP contribution in [0.15, 0.2) is 6.08 Å². The number of thiazole rings is 1. The molecule has 0 atom stereocenters. The van der Waals surface area contributed by atoms with E-state index in [-0.39, 0.29) is 0 Å². The fraction of sp³-hybridized carbons (Fsp3) is 0.545. The third-order valence-electron chi connectivity index (χ3n) is 2.62. The molecule has 0 N–H and O–H groups in total. The molecule has 1 aliphatic carbocycles. The second kappa shape index (κ2) is 3.62. The van der Waals surface area contributed by atoms with Gasteiger partial charge in [0.15, 0.2) is 0 Å². The van der Waals surface area contributed by atoms with Gasteiger partial charge < -0.3 is 0 Å². The van der Waals surface area contributed by atoms with Gasteiger partial charge in [0.1, 0.15) is 5.01 Å². The summed E-state index contributed by atoms with van der Waals surface area (Å²) in [5.41, 5.74) is 2.69. The Hall–Kier alpha value is -0.630. The van der Waals surface area contributed by atoms with Gasteiger partial charge in [0.05, 0.1) is 5.69 Å². The Morgan fingerprint density at radius 2 is 2.15 bits per heavy atom. The Kier molecular flexibility index (Phi) is 2.49. The van der Waals surface area contributed by atoms with Crippen LogP contribution in [0.5, 0.6) is 0 Å². The molecular formula is C11H15NS. The van der Waals surface area contributed by atoms with Crippen molar-refractivity contribution in [2.24, 2.45) is 0 Å². The van der Waals surface area contributed by atoms with Crippen molar-refractivity contribution in [3.63, 3.8) is 0 Å². The molecule has 70 valence electrons. The summed E-state index contributed by atoms with van der Waals surface area (Å²) >= 11 is 1.89. The summed E-state index contributed by atoms with van der Waals surface area (Å²) in [6.45, 7) is 4.22. The summed E-state index contributed by atoms with van der Waals surface area (Å²) in [5, 5.41) is 1.23. The molecule has 1 heterocycles. The molecule has 2 rings (SSSR count). The van der Waals surface area contributed by atoms with Crippen molar-refractivity contribution in [2.75, 3.05) is 0 Å². The molecule has 0 amide bonds. The van der Waals surface area contributed by atoms with Gasteiger partial charge >= 0.3 is 0 Å². The van der Waals surface area contributed by atoms with Crippen LogP contribution in [0, 0.1) is 0 Å². The number of aromatic nitrogens is 1. The van der Waals surface area contributed by atoms with E-state index in [2.05, 4.69) is 24.9 Å². The lowest BCUT2D eigenvalue weighted by Crippen LogP contribution is -1.98. The molecule has 0 radical (unpaired) electrons. The van der Waals surface area contributed by atoms with Crippen LogP contribution in [0.2, 0.25) is 0 Å². The van der Waals surface area contributed by atoms with Gasteiger partial charge in [-0.2, -0.15) is 0 Å². The third kappa shape index (κ3) is 1.68. The van der Waals surface area contributed by atoms with Gasteiger partial charge in [-0.05, 0) is 45.1 Å². The van der Waals surface area contributed by atoms with E-state index < -0.39 is 0 Å². The van der Waals surface area contributed by atoms with Crippen molar-refractivity contribution in [2.45, 2.75) is 39.5 Å². The van der Waals surface area contributed by atoms with E-state index in [9.17, 15) is 0 Å². The van der Waals surface area contributed by atoms with Crippen molar-refractivity contribution in [1.82, 2.24) is 4.98 Å². The highest BCUT2D eigenvalue weighted by Gasteiger charge is 2.14. The van der Waals surface area contributed by atoms with Crippen LogP contribution in [0.4, 0.5) is 0 Å². The lowest BCUT2D eigenvalue weighted by molar-refractivity contribution is 0.682. The van der Waals surface area contributed by atoms with Crippen LogP contribution in [-0.4, -0.2) is 4.98 Å². The Morgan fingerprint density at radius 3 is 2.85 bits per heavy atom. The van der Waals surface area contributed by atoms with E-state index in [0.717, 1.165) is 0 Å². The Bertz CT molecular complexity index is 312. The molecule has 1 aromatic heterocycles. The number of hydrogen-bond acceptors (Lipinski definition) is 2. The van der Waals surface area contributed by atoms with E-state index in [1.165, 1.54) is 46.8 Å². The molecule has 1 aliphatic rings. The van der Waals surface area contributed by atoms with Gasteiger partial charge in [-0.15, -0.1) is 11.3 Å². The monoisotopic (exact) mass is 193 g/mol. The molecular weight excluding hydrogens is 178 g/mol. The normalized spacial score (nSPS) is 17.2. The van der Waals surface area contributed by atoms with E-state index in [1.54, 1.807) is 0 Å². The molecule has 0 saturated carbocycles. The molecule has 0 saturated heterocycles. The van der Waals surface area contributed by atoms with Crippen molar-refractivity contribution in [1.29, 1.82) is 0 Å². The van der Waals surface area contributed by atoms with E-state index in [0.29, 0.717) is 0 Å². The number of rotatable bonds is 1. The average molecular weight is 193 g/mol. The molecule has 0 spiro atoms. The summed E-state index contributed by atoms with van der Waals surface area (Å²) < 4.78 is 0. The summed E-state index contributed by atoms with van der Waals surface area (Å²) in [6, 6.07) is 0. The SMILES string of the molecule is C/C=C(/C)c1nc2c(s1)CCCC2. The van der Waals surface area contributed by atoms with Gasteiger partial charge in [-0.3, -0.25) is 0 Å². The van der Waals surface area contributed by atoms with Crippen molar-refractivity contribution in [3.05, 3.63) is 21.7 Å². The molecule has 1 aromatic rings. The minimum Gasteiger partial charge on any atom is -0.241 e. The Labute approximate surface area is 83.5 Å². The van der Waals surface area contributed by atoms with Crippen LogP contribution in [0.1, 0.15) is 42.3 Å². The van der Waals surface area contributed by atoms with Crippen LogP contribution in [0.3, 0.4) is 0 Å². The predicted octanol–water partition coefficient (Wildman–Crippen LogP) is 3.45. The summed E-state index contributed by atoms with van der Waals surface area (Å²) in [5.74, 6) is 0. The predicted molar refractivity (Wildman–Crippen MR) is 58.1 cm³/mol. The second-order valence-electron chi connectivity index (χ2n) is 3.57. The topological polar surface area (TPSA) is 12.9 Å². The fourth-order valence-corrected chi connectivity index (χ4v) is 2.82. The number of aryl methyl sites for hydroxylation is 2. The van der Waals surface area contributed by atoms with E-state index >= 15 is 0 Å². The highest BCUT2D eigenvalue weighted by Crippen LogP contribution is 2.29. The number of allylic oxidation sites excluding steroid dienone is 2. The van der Waals surface area contributed by atoms with E-state index in [1.807, 2.05) is 11.3 Å². The molecule has 0 unspecified atom stereocenters. The number of nitrogens with zero attached hydrogens (tertiary/aromatic N) is 1. The Balaban J connectivity index is 2.35. The van der Waals surface area contributed by atoms with Crippen molar-refractivity contribution in [3.8, 4) is 0 Å². The zero-order chi connectivity index (χ0) is 9.26. The molecule has 1 nitrogen and oxygen atoms in total. The van der Waals surface area contributed by atoms with Crippen LogP contribution in [-0.2, 0) is 12.8 Å². The minimum absolute atomic E-state index is 1.20. The second-order valence-corrected chi connectivity index (χ2v) is 4.65. The summed E-state index contributed by atoms with van der Waals surface area (Å²) in [6.07, 6.45) is 7.27. The molecule has 2 heteroatoms. The number of fused-ring (bicyclic) bond motifs is 1. The maximum absolute atomic E-state index is 4.67. The maximum atomic E-state index is 4.67. The van der Waals surface area contributed by atoms with Gasteiger partial charge in [-0.1, -0.05) is 6.08 Å². The Morgan fingerprint density at radius 1 is 1.38 bits per heavy atom. The molecule has 0 fully saturated rings. The van der Waals surface area contributed by atoms with Crippen molar-refractivity contribution >= 4 is 16.9 Å². The van der Waals surface area contributed by atoms with Gasteiger partial charge in [0.25, 0.3) is 0 Å². The first kappa shape index (κ1) is 8.95. The first-order valence-corrected chi connectivity index (χ1v) is 5.75.